The van der Waals surface area contributed by atoms with Crippen LogP contribution in [0.25, 0.3) is 11.3 Å². The third-order valence-corrected chi connectivity index (χ3v) is 2.78. The van der Waals surface area contributed by atoms with Crippen LogP contribution < -0.4 is 5.69 Å². The smallest absolute Gasteiger partial charge is 0.295 e. The molecule has 2 rings (SSSR count). The maximum absolute atomic E-state index is 12.6. The Balaban J connectivity index is 2.66. The SMILES string of the molecule is Cc1ccc(-c2cc(C(F)(F)F)nc(=O)n2C)cc1. The van der Waals surface area contributed by atoms with Crippen LogP contribution in [0.1, 0.15) is 11.3 Å². The van der Waals surface area contributed by atoms with E-state index in [1.54, 1.807) is 24.3 Å². The molecule has 0 spiro atoms. The van der Waals surface area contributed by atoms with Crippen LogP contribution in [-0.2, 0) is 13.2 Å². The molecule has 0 radical (unpaired) electrons. The van der Waals surface area contributed by atoms with Crippen LogP contribution in [0.5, 0.6) is 0 Å². The lowest BCUT2D eigenvalue weighted by atomic mass is 10.1. The van der Waals surface area contributed by atoms with Crippen molar-refractivity contribution in [3.63, 3.8) is 0 Å². The fraction of sp³-hybridized carbons (Fsp3) is 0.231. The molecule has 0 saturated heterocycles. The van der Waals surface area contributed by atoms with Crippen LogP contribution in [0.4, 0.5) is 13.2 Å². The molecule has 2 aromatic rings. The standard InChI is InChI=1S/C13H11F3N2O/c1-8-3-5-9(6-4-8)10-7-11(13(14,15)16)17-12(19)18(10)2/h3-7H,1-2H3. The van der Waals surface area contributed by atoms with Crippen molar-refractivity contribution in [2.75, 3.05) is 0 Å². The van der Waals surface area contributed by atoms with Crippen molar-refractivity contribution in [3.8, 4) is 11.3 Å². The Bertz CT molecular complexity index is 657. The predicted octanol–water partition coefficient (Wildman–Crippen LogP) is 2.77. The monoisotopic (exact) mass is 268 g/mol. The summed E-state index contributed by atoms with van der Waals surface area (Å²) in [6.07, 6.45) is -4.63. The minimum atomic E-state index is -4.63. The van der Waals surface area contributed by atoms with Crippen LogP contribution in [0.3, 0.4) is 0 Å². The molecule has 1 aromatic heterocycles. The second-order valence-electron chi connectivity index (χ2n) is 4.23. The molecule has 0 aliphatic rings. The van der Waals surface area contributed by atoms with Crippen molar-refractivity contribution in [3.05, 3.63) is 52.1 Å². The molecule has 1 aromatic carbocycles. The van der Waals surface area contributed by atoms with Gasteiger partial charge in [0.1, 0.15) is 0 Å². The van der Waals surface area contributed by atoms with Gasteiger partial charge in [0.2, 0.25) is 0 Å². The van der Waals surface area contributed by atoms with E-state index in [4.69, 9.17) is 0 Å². The Labute approximate surface area is 107 Å². The molecule has 19 heavy (non-hydrogen) atoms. The van der Waals surface area contributed by atoms with E-state index in [0.29, 0.717) is 5.56 Å². The van der Waals surface area contributed by atoms with Crippen molar-refractivity contribution in [1.29, 1.82) is 0 Å². The summed E-state index contributed by atoms with van der Waals surface area (Å²) in [5.74, 6) is 0. The highest BCUT2D eigenvalue weighted by Crippen LogP contribution is 2.29. The number of benzene rings is 1. The first-order valence-electron chi connectivity index (χ1n) is 5.51. The highest BCUT2D eigenvalue weighted by Gasteiger charge is 2.33. The van der Waals surface area contributed by atoms with Crippen LogP contribution in [0.2, 0.25) is 0 Å². The summed E-state index contributed by atoms with van der Waals surface area (Å²) in [5.41, 5.74) is -0.388. The van der Waals surface area contributed by atoms with E-state index in [1.807, 2.05) is 6.92 Å². The van der Waals surface area contributed by atoms with Gasteiger partial charge in [-0.15, -0.1) is 0 Å². The molecule has 0 aliphatic carbocycles. The largest absolute Gasteiger partial charge is 0.433 e. The van der Waals surface area contributed by atoms with Gasteiger partial charge < -0.3 is 0 Å². The number of halogens is 3. The average molecular weight is 268 g/mol. The number of hydrogen-bond acceptors (Lipinski definition) is 2. The molecule has 0 unspecified atom stereocenters. The number of aromatic nitrogens is 2. The van der Waals surface area contributed by atoms with Crippen LogP contribution >= 0.6 is 0 Å². The molecule has 6 heteroatoms. The van der Waals surface area contributed by atoms with Gasteiger partial charge in [-0.05, 0) is 18.6 Å². The van der Waals surface area contributed by atoms with Crippen LogP contribution in [0, 0.1) is 6.92 Å². The van der Waals surface area contributed by atoms with Gasteiger partial charge in [-0.25, -0.2) is 4.79 Å². The lowest BCUT2D eigenvalue weighted by Crippen LogP contribution is -2.26. The molecule has 3 nitrogen and oxygen atoms in total. The Morgan fingerprint density at radius 3 is 2.26 bits per heavy atom. The first-order valence-corrected chi connectivity index (χ1v) is 5.51. The lowest BCUT2D eigenvalue weighted by Gasteiger charge is -2.11. The van der Waals surface area contributed by atoms with Gasteiger partial charge in [0.25, 0.3) is 0 Å². The van der Waals surface area contributed by atoms with Gasteiger partial charge in [0.05, 0.1) is 5.69 Å². The second-order valence-corrected chi connectivity index (χ2v) is 4.23. The molecule has 0 N–H and O–H groups in total. The summed E-state index contributed by atoms with van der Waals surface area (Å²) in [7, 11) is 1.39. The van der Waals surface area contributed by atoms with E-state index >= 15 is 0 Å². The molecular weight excluding hydrogens is 257 g/mol. The highest BCUT2D eigenvalue weighted by atomic mass is 19.4. The van der Waals surface area contributed by atoms with E-state index in [9.17, 15) is 18.0 Å². The normalized spacial score (nSPS) is 11.6. The van der Waals surface area contributed by atoms with Crippen molar-refractivity contribution in [2.24, 2.45) is 7.05 Å². The Morgan fingerprint density at radius 1 is 1.16 bits per heavy atom. The maximum atomic E-state index is 12.6. The van der Waals surface area contributed by atoms with E-state index in [-0.39, 0.29) is 5.69 Å². The molecule has 0 bridgehead atoms. The third kappa shape index (κ3) is 2.67. The Morgan fingerprint density at radius 2 is 1.74 bits per heavy atom. The number of aryl methyl sites for hydroxylation is 1. The summed E-state index contributed by atoms with van der Waals surface area (Å²) >= 11 is 0. The molecule has 1 heterocycles. The van der Waals surface area contributed by atoms with Gasteiger partial charge >= 0.3 is 11.9 Å². The molecular formula is C13H11F3N2O. The Hall–Kier alpha value is -2.11. The van der Waals surface area contributed by atoms with E-state index in [2.05, 4.69) is 4.98 Å². The first kappa shape index (κ1) is 13.3. The summed E-state index contributed by atoms with van der Waals surface area (Å²) in [6, 6.07) is 7.77. The van der Waals surface area contributed by atoms with Crippen LogP contribution in [-0.4, -0.2) is 9.55 Å². The van der Waals surface area contributed by atoms with Crippen LogP contribution in [0.15, 0.2) is 35.1 Å². The average Bonchev–Trinajstić information content (AvgIpc) is 2.32. The van der Waals surface area contributed by atoms with Gasteiger partial charge in [-0.3, -0.25) is 4.57 Å². The summed E-state index contributed by atoms with van der Waals surface area (Å²) in [6.45, 7) is 1.87. The number of alkyl halides is 3. The minimum Gasteiger partial charge on any atom is -0.295 e. The zero-order valence-corrected chi connectivity index (χ0v) is 10.3. The number of hydrogen-bond donors (Lipinski definition) is 0. The summed E-state index contributed by atoms with van der Waals surface area (Å²) < 4.78 is 39.0. The van der Waals surface area contributed by atoms with Gasteiger partial charge in [-0.2, -0.15) is 18.2 Å². The first-order chi connectivity index (χ1) is 8.79. The minimum absolute atomic E-state index is 0.187. The molecule has 0 saturated carbocycles. The fourth-order valence-corrected chi connectivity index (χ4v) is 1.69. The summed E-state index contributed by atoms with van der Waals surface area (Å²) in [5, 5.41) is 0. The summed E-state index contributed by atoms with van der Waals surface area (Å²) in [4.78, 5) is 14.5. The number of rotatable bonds is 1. The predicted molar refractivity (Wildman–Crippen MR) is 64.7 cm³/mol. The molecule has 0 aliphatic heterocycles. The highest BCUT2D eigenvalue weighted by molar-refractivity contribution is 5.60. The second kappa shape index (κ2) is 4.53. The third-order valence-electron chi connectivity index (χ3n) is 2.78. The molecule has 0 fully saturated rings. The molecule has 100 valence electrons. The van der Waals surface area contributed by atoms with Crippen molar-refractivity contribution < 1.29 is 13.2 Å². The van der Waals surface area contributed by atoms with Crippen molar-refractivity contribution in [2.45, 2.75) is 13.1 Å². The maximum Gasteiger partial charge on any atom is 0.433 e. The van der Waals surface area contributed by atoms with Crippen molar-refractivity contribution in [1.82, 2.24) is 9.55 Å². The zero-order chi connectivity index (χ0) is 14.2. The van der Waals surface area contributed by atoms with Gasteiger partial charge in [0.15, 0.2) is 5.69 Å². The van der Waals surface area contributed by atoms with E-state index in [0.717, 1.165) is 16.2 Å². The van der Waals surface area contributed by atoms with E-state index < -0.39 is 17.6 Å². The molecule has 0 amide bonds. The fourth-order valence-electron chi connectivity index (χ4n) is 1.69. The zero-order valence-electron chi connectivity index (χ0n) is 10.3. The van der Waals surface area contributed by atoms with Gasteiger partial charge in [-0.1, -0.05) is 29.8 Å². The molecule has 0 atom stereocenters. The number of nitrogens with zero attached hydrogens (tertiary/aromatic N) is 2. The Kier molecular flexibility index (Phi) is 3.18. The topological polar surface area (TPSA) is 34.9 Å². The lowest BCUT2D eigenvalue weighted by molar-refractivity contribution is -0.141. The van der Waals surface area contributed by atoms with Gasteiger partial charge in [0, 0.05) is 7.05 Å². The van der Waals surface area contributed by atoms with Crippen molar-refractivity contribution >= 4 is 0 Å². The quantitative estimate of drug-likeness (QED) is 0.797. The van der Waals surface area contributed by atoms with E-state index in [1.165, 1.54) is 7.05 Å².